The average molecular weight is 479 g/mol. The topological polar surface area (TPSA) is 32.8 Å². The van der Waals surface area contributed by atoms with Crippen molar-refractivity contribution in [1.82, 2.24) is 9.80 Å². The Morgan fingerprint density at radius 1 is 0.647 bits per heavy atom. The summed E-state index contributed by atoms with van der Waals surface area (Å²) < 4.78 is 5.45. The Morgan fingerprint density at radius 3 is 1.82 bits per heavy atom. The Morgan fingerprint density at radius 2 is 1.18 bits per heavy atom. The summed E-state index contributed by atoms with van der Waals surface area (Å²) in [5, 5.41) is 0. The molecule has 1 amide bonds. The predicted octanol–water partition coefficient (Wildman–Crippen LogP) is 8.77. The van der Waals surface area contributed by atoms with E-state index in [0.717, 1.165) is 45.4 Å². The van der Waals surface area contributed by atoms with Gasteiger partial charge < -0.3 is 14.5 Å². The first-order valence-corrected chi connectivity index (χ1v) is 14.6. The van der Waals surface area contributed by atoms with E-state index in [9.17, 15) is 4.79 Å². The first-order chi connectivity index (χ1) is 16.7. The van der Waals surface area contributed by atoms with E-state index in [4.69, 9.17) is 4.74 Å². The molecule has 0 spiro atoms. The van der Waals surface area contributed by atoms with Crippen LogP contribution < -0.4 is 0 Å². The molecule has 0 radical (unpaired) electrons. The largest absolute Gasteiger partial charge is 0.449 e. The molecule has 0 rings (SSSR count). The maximum Gasteiger partial charge on any atom is 0.409 e. The summed E-state index contributed by atoms with van der Waals surface area (Å²) in [6, 6.07) is 0. The van der Waals surface area contributed by atoms with Crippen molar-refractivity contribution in [3.8, 4) is 0 Å². The first-order valence-electron chi connectivity index (χ1n) is 14.6. The maximum atomic E-state index is 12.1. The van der Waals surface area contributed by atoms with E-state index in [0.29, 0.717) is 6.61 Å². The van der Waals surface area contributed by atoms with Gasteiger partial charge in [0.15, 0.2) is 0 Å². The highest BCUT2D eigenvalue weighted by molar-refractivity contribution is 5.67. The summed E-state index contributed by atoms with van der Waals surface area (Å²) in [6.07, 6.45) is 28.8. The minimum absolute atomic E-state index is 0.170. The van der Waals surface area contributed by atoms with E-state index >= 15 is 0 Å². The van der Waals surface area contributed by atoms with Crippen LogP contribution in [0.3, 0.4) is 0 Å². The number of amides is 1. The van der Waals surface area contributed by atoms with Gasteiger partial charge in [0.05, 0.1) is 6.61 Å². The molecule has 0 saturated carbocycles. The number of allylic oxidation sites excluding steroid dienone is 4. The fraction of sp³-hybridized carbons (Fsp3) is 0.833. The molecular weight excluding hydrogens is 420 g/mol. The zero-order valence-electron chi connectivity index (χ0n) is 23.4. The third kappa shape index (κ3) is 22.5. The summed E-state index contributed by atoms with van der Waals surface area (Å²) in [5.74, 6) is 0. The van der Waals surface area contributed by atoms with Crippen LogP contribution in [0, 0.1) is 0 Å². The molecule has 4 heteroatoms. The Labute approximate surface area is 213 Å². The van der Waals surface area contributed by atoms with Gasteiger partial charge in [-0.2, -0.15) is 0 Å². The van der Waals surface area contributed by atoms with Gasteiger partial charge in [-0.25, -0.2) is 4.79 Å². The molecule has 0 N–H and O–H groups in total. The summed E-state index contributed by atoms with van der Waals surface area (Å²) in [4.78, 5) is 16.3. The number of hydrogen-bond donors (Lipinski definition) is 0. The van der Waals surface area contributed by atoms with Gasteiger partial charge in [-0.15, -0.1) is 0 Å². The molecule has 0 heterocycles. The van der Waals surface area contributed by atoms with Gasteiger partial charge in [-0.3, -0.25) is 0 Å². The third-order valence-electron chi connectivity index (χ3n) is 6.38. The van der Waals surface area contributed by atoms with Crippen molar-refractivity contribution >= 4 is 6.09 Å². The number of ether oxygens (including phenoxy) is 1. The second-order valence-corrected chi connectivity index (χ2v) is 9.62. The van der Waals surface area contributed by atoms with Crippen molar-refractivity contribution in [2.75, 3.05) is 39.8 Å². The fourth-order valence-electron chi connectivity index (χ4n) is 4.00. The van der Waals surface area contributed by atoms with Gasteiger partial charge in [0.1, 0.15) is 0 Å². The lowest BCUT2D eigenvalue weighted by Gasteiger charge is -2.21. The van der Waals surface area contributed by atoms with E-state index in [2.05, 4.69) is 50.0 Å². The number of carbonyl (C=O) groups is 1. The van der Waals surface area contributed by atoms with Gasteiger partial charge in [-0.1, -0.05) is 96.4 Å². The lowest BCUT2D eigenvalue weighted by molar-refractivity contribution is 0.105. The van der Waals surface area contributed by atoms with Crippen LogP contribution in [0.15, 0.2) is 24.3 Å². The van der Waals surface area contributed by atoms with Gasteiger partial charge in [0.2, 0.25) is 0 Å². The van der Waals surface area contributed by atoms with Crippen LogP contribution in [0.2, 0.25) is 0 Å². The van der Waals surface area contributed by atoms with Gasteiger partial charge in [-0.05, 0) is 64.5 Å². The number of unbranched alkanes of at least 4 members (excludes halogenated alkanes) is 11. The Kier molecular flexibility index (Phi) is 25.3. The van der Waals surface area contributed by atoms with Gasteiger partial charge in [0.25, 0.3) is 0 Å². The fourth-order valence-corrected chi connectivity index (χ4v) is 4.00. The van der Waals surface area contributed by atoms with Crippen molar-refractivity contribution in [2.24, 2.45) is 0 Å². The van der Waals surface area contributed by atoms with Crippen LogP contribution in [0.25, 0.3) is 0 Å². The molecule has 0 saturated heterocycles. The molecule has 0 fully saturated rings. The number of hydrogen-bond acceptors (Lipinski definition) is 3. The van der Waals surface area contributed by atoms with E-state index in [1.54, 1.807) is 4.90 Å². The zero-order valence-corrected chi connectivity index (χ0v) is 23.4. The molecule has 0 unspecified atom stereocenters. The molecule has 34 heavy (non-hydrogen) atoms. The molecule has 200 valence electrons. The van der Waals surface area contributed by atoms with Crippen molar-refractivity contribution in [3.63, 3.8) is 0 Å². The summed E-state index contributed by atoms with van der Waals surface area (Å²) in [5.41, 5.74) is 0. The second kappa shape index (κ2) is 26.3. The molecule has 0 bridgehead atoms. The molecular formula is C30H58N2O2. The average Bonchev–Trinajstić information content (AvgIpc) is 2.84. The Bertz CT molecular complexity index is 490. The van der Waals surface area contributed by atoms with Crippen molar-refractivity contribution in [2.45, 2.75) is 124 Å². The van der Waals surface area contributed by atoms with Crippen LogP contribution in [-0.2, 0) is 4.74 Å². The predicted molar refractivity (Wildman–Crippen MR) is 150 cm³/mol. The van der Waals surface area contributed by atoms with Crippen LogP contribution in [-0.4, -0.2) is 55.7 Å². The van der Waals surface area contributed by atoms with Crippen molar-refractivity contribution in [1.29, 1.82) is 0 Å². The number of nitrogens with zero attached hydrogens (tertiary/aromatic N) is 2. The molecule has 0 aliphatic carbocycles. The minimum atomic E-state index is -0.170. The van der Waals surface area contributed by atoms with E-state index in [1.165, 1.54) is 83.5 Å². The number of carbonyl (C=O) groups excluding carboxylic acids is 1. The molecule has 0 aliphatic rings. The number of rotatable bonds is 24. The third-order valence-corrected chi connectivity index (χ3v) is 6.38. The van der Waals surface area contributed by atoms with Crippen LogP contribution in [0.4, 0.5) is 4.79 Å². The highest BCUT2D eigenvalue weighted by Gasteiger charge is 2.09. The first kappa shape index (κ1) is 32.7. The summed E-state index contributed by atoms with van der Waals surface area (Å²) in [6.45, 7) is 11.3. The van der Waals surface area contributed by atoms with Gasteiger partial charge in [0, 0.05) is 20.1 Å². The van der Waals surface area contributed by atoms with Crippen molar-refractivity contribution in [3.05, 3.63) is 24.3 Å². The molecule has 0 aromatic rings. The lowest BCUT2D eigenvalue weighted by Crippen LogP contribution is -2.30. The minimum Gasteiger partial charge on any atom is -0.449 e. The Balaban J connectivity index is 3.52. The smallest absolute Gasteiger partial charge is 0.409 e. The quantitative estimate of drug-likeness (QED) is 0.103. The second-order valence-electron chi connectivity index (χ2n) is 9.62. The van der Waals surface area contributed by atoms with Gasteiger partial charge >= 0.3 is 6.09 Å². The highest BCUT2D eigenvalue weighted by atomic mass is 16.6. The van der Waals surface area contributed by atoms with Crippen LogP contribution in [0.5, 0.6) is 0 Å². The van der Waals surface area contributed by atoms with Crippen LogP contribution in [0.1, 0.15) is 124 Å². The monoisotopic (exact) mass is 478 g/mol. The molecule has 0 aliphatic heterocycles. The van der Waals surface area contributed by atoms with Crippen LogP contribution >= 0.6 is 0 Å². The summed E-state index contributed by atoms with van der Waals surface area (Å²) in [7, 11) is 1.86. The molecule has 0 aromatic carbocycles. The zero-order chi connectivity index (χ0) is 25.1. The summed E-state index contributed by atoms with van der Waals surface area (Å²) >= 11 is 0. The Hall–Kier alpha value is -1.29. The molecule has 0 aromatic heterocycles. The van der Waals surface area contributed by atoms with E-state index in [-0.39, 0.29) is 6.09 Å². The van der Waals surface area contributed by atoms with E-state index in [1.807, 2.05) is 7.05 Å². The SMILES string of the molecule is CCCCC/C=C\C/C=C\CCCCCCCCN(C)C(=O)OCCCN(CC)CCCCC. The molecule has 0 atom stereocenters. The van der Waals surface area contributed by atoms with Crippen molar-refractivity contribution < 1.29 is 9.53 Å². The molecule has 4 nitrogen and oxygen atoms in total. The lowest BCUT2D eigenvalue weighted by atomic mass is 10.1. The standard InChI is InChI=1S/C30H58N2O2/c1-5-8-10-11-12-13-14-15-16-17-18-19-20-21-22-24-26-31(4)30(33)34-29-25-28-32(7-3)27-23-9-6-2/h12-13,15-16H,5-11,14,17-29H2,1-4H3/b13-12-,16-15-. The maximum absolute atomic E-state index is 12.1. The van der Waals surface area contributed by atoms with E-state index < -0.39 is 0 Å². The highest BCUT2D eigenvalue weighted by Crippen LogP contribution is 2.09. The normalized spacial score (nSPS) is 11.8.